The summed E-state index contributed by atoms with van der Waals surface area (Å²) in [6, 6.07) is 2.18. The third-order valence-corrected chi connectivity index (χ3v) is 5.18. The Morgan fingerprint density at radius 2 is 1.73 bits per heavy atom. The predicted molar refractivity (Wildman–Crippen MR) is 95.9 cm³/mol. The van der Waals surface area contributed by atoms with Crippen molar-refractivity contribution in [3.63, 3.8) is 0 Å². The van der Waals surface area contributed by atoms with Crippen molar-refractivity contribution in [2.45, 2.75) is 26.8 Å². The number of thiophene rings is 1. The normalized spacial score (nSPS) is 15.7. The zero-order chi connectivity index (χ0) is 19.4. The van der Waals surface area contributed by atoms with Crippen molar-refractivity contribution in [1.82, 2.24) is 15.1 Å². The average Bonchev–Trinajstić information content (AvgIpc) is 3.08. The molecular weight excluding hydrogens is 360 g/mol. The highest BCUT2D eigenvalue weighted by molar-refractivity contribution is 7.17. The molecule has 0 radical (unpaired) electrons. The van der Waals surface area contributed by atoms with Crippen LogP contribution in [0.1, 0.15) is 30.4 Å². The van der Waals surface area contributed by atoms with E-state index < -0.39 is 11.0 Å². The molecule has 1 fully saturated rings. The van der Waals surface area contributed by atoms with Crippen LogP contribution in [0.25, 0.3) is 0 Å². The van der Waals surface area contributed by atoms with E-state index in [-0.39, 0.29) is 28.6 Å². The summed E-state index contributed by atoms with van der Waals surface area (Å²) in [5, 5.41) is 13.3. The van der Waals surface area contributed by atoms with Crippen LogP contribution < -0.4 is 5.32 Å². The van der Waals surface area contributed by atoms with Crippen LogP contribution in [-0.2, 0) is 9.59 Å². The minimum Gasteiger partial charge on any atom is -0.344 e. The fourth-order valence-corrected chi connectivity index (χ4v) is 3.54. The highest BCUT2D eigenvalue weighted by Crippen LogP contribution is 2.25. The Morgan fingerprint density at radius 1 is 1.15 bits per heavy atom. The molecule has 1 unspecified atom stereocenters. The Kier molecular flexibility index (Phi) is 6.30. The van der Waals surface area contributed by atoms with E-state index in [0.717, 1.165) is 11.3 Å². The van der Waals surface area contributed by atoms with Gasteiger partial charge in [-0.2, -0.15) is 0 Å². The standard InChI is InChI=1S/C16H22N4O5S/c1-10(2)14(17-11(3)21)16(23)19-8-6-18(7-9-19)15(22)12-4-5-13(26-12)20(24)25/h4-5,10,14H,6-9H2,1-3H3,(H,17,21). The molecule has 1 aliphatic rings. The molecule has 1 N–H and O–H groups in total. The van der Waals surface area contributed by atoms with Crippen LogP contribution in [-0.4, -0.2) is 64.7 Å². The summed E-state index contributed by atoms with van der Waals surface area (Å²) in [7, 11) is 0. The van der Waals surface area contributed by atoms with Gasteiger partial charge in [-0.05, 0) is 12.0 Å². The van der Waals surface area contributed by atoms with E-state index in [0.29, 0.717) is 31.1 Å². The molecule has 1 atom stereocenters. The molecule has 1 aliphatic heterocycles. The van der Waals surface area contributed by atoms with E-state index in [9.17, 15) is 24.5 Å². The van der Waals surface area contributed by atoms with Gasteiger partial charge < -0.3 is 15.1 Å². The molecule has 1 aromatic rings. The third kappa shape index (κ3) is 4.57. The third-order valence-electron chi connectivity index (χ3n) is 4.15. The van der Waals surface area contributed by atoms with Crippen molar-refractivity contribution in [1.29, 1.82) is 0 Å². The van der Waals surface area contributed by atoms with Gasteiger partial charge in [0.05, 0.1) is 9.80 Å². The molecule has 26 heavy (non-hydrogen) atoms. The van der Waals surface area contributed by atoms with Gasteiger partial charge in [-0.1, -0.05) is 25.2 Å². The first-order chi connectivity index (χ1) is 12.2. The SMILES string of the molecule is CC(=O)NC(C(=O)N1CCN(C(=O)c2ccc([N+](=O)[O-])s2)CC1)C(C)C. The second kappa shape index (κ2) is 8.26. The van der Waals surface area contributed by atoms with Crippen LogP contribution in [0.15, 0.2) is 12.1 Å². The monoisotopic (exact) mass is 382 g/mol. The first kappa shape index (κ1) is 19.8. The number of hydrogen-bond donors (Lipinski definition) is 1. The molecule has 0 aromatic carbocycles. The molecule has 0 spiro atoms. The first-order valence-electron chi connectivity index (χ1n) is 8.30. The van der Waals surface area contributed by atoms with Crippen molar-refractivity contribution in [2.24, 2.45) is 5.92 Å². The van der Waals surface area contributed by atoms with E-state index in [1.807, 2.05) is 13.8 Å². The van der Waals surface area contributed by atoms with Crippen LogP contribution >= 0.6 is 11.3 Å². The Hall–Kier alpha value is -2.49. The van der Waals surface area contributed by atoms with Crippen molar-refractivity contribution in [3.8, 4) is 0 Å². The van der Waals surface area contributed by atoms with Crippen LogP contribution in [0, 0.1) is 16.0 Å². The molecule has 1 aromatic heterocycles. The number of hydrogen-bond acceptors (Lipinski definition) is 6. The maximum Gasteiger partial charge on any atom is 0.324 e. The lowest BCUT2D eigenvalue weighted by molar-refractivity contribution is -0.380. The lowest BCUT2D eigenvalue weighted by atomic mass is 10.0. The summed E-state index contributed by atoms with van der Waals surface area (Å²) < 4.78 is 0. The summed E-state index contributed by atoms with van der Waals surface area (Å²) in [5.74, 6) is -0.727. The number of nitro groups is 1. The van der Waals surface area contributed by atoms with Gasteiger partial charge in [0.2, 0.25) is 11.8 Å². The van der Waals surface area contributed by atoms with Gasteiger partial charge >= 0.3 is 5.00 Å². The van der Waals surface area contributed by atoms with Crippen molar-refractivity contribution >= 4 is 34.1 Å². The molecular formula is C16H22N4O5S. The molecule has 10 heteroatoms. The van der Waals surface area contributed by atoms with Gasteiger partial charge in [0.1, 0.15) is 6.04 Å². The number of carbonyl (C=O) groups excluding carboxylic acids is 3. The van der Waals surface area contributed by atoms with Crippen LogP contribution in [0.5, 0.6) is 0 Å². The summed E-state index contributed by atoms with van der Waals surface area (Å²) in [4.78, 5) is 50.2. The summed E-state index contributed by atoms with van der Waals surface area (Å²) in [5.41, 5.74) is 0. The lowest BCUT2D eigenvalue weighted by Crippen LogP contribution is -2.56. The Labute approximate surface area is 155 Å². The molecule has 3 amide bonds. The summed E-state index contributed by atoms with van der Waals surface area (Å²) in [6.45, 7) is 6.52. The molecule has 1 saturated heterocycles. The molecule has 0 saturated carbocycles. The number of carbonyl (C=O) groups is 3. The van der Waals surface area contributed by atoms with Gasteiger partial charge in [0.15, 0.2) is 0 Å². The number of amides is 3. The highest BCUT2D eigenvalue weighted by Gasteiger charge is 2.31. The second-order valence-electron chi connectivity index (χ2n) is 6.43. The number of piperazine rings is 1. The van der Waals surface area contributed by atoms with Crippen molar-refractivity contribution in [2.75, 3.05) is 26.2 Å². The molecule has 2 heterocycles. The zero-order valence-corrected chi connectivity index (χ0v) is 15.7. The lowest BCUT2D eigenvalue weighted by Gasteiger charge is -2.37. The maximum absolute atomic E-state index is 12.6. The van der Waals surface area contributed by atoms with E-state index in [1.54, 1.807) is 9.80 Å². The largest absolute Gasteiger partial charge is 0.344 e. The molecule has 0 bridgehead atoms. The van der Waals surface area contributed by atoms with Crippen molar-refractivity contribution < 1.29 is 19.3 Å². The Morgan fingerprint density at radius 3 is 2.19 bits per heavy atom. The Balaban J connectivity index is 1.97. The fourth-order valence-electron chi connectivity index (χ4n) is 2.76. The fraction of sp³-hybridized carbons (Fsp3) is 0.562. The Bertz CT molecular complexity index is 709. The van der Waals surface area contributed by atoms with Gasteiger partial charge in [0, 0.05) is 39.2 Å². The quantitative estimate of drug-likeness (QED) is 0.605. The first-order valence-corrected chi connectivity index (χ1v) is 9.11. The zero-order valence-electron chi connectivity index (χ0n) is 14.9. The molecule has 142 valence electrons. The summed E-state index contributed by atoms with van der Waals surface area (Å²) >= 11 is 0.847. The van der Waals surface area contributed by atoms with Gasteiger partial charge in [0.25, 0.3) is 5.91 Å². The van der Waals surface area contributed by atoms with Gasteiger partial charge in [-0.25, -0.2) is 0 Å². The minimum absolute atomic E-state index is 0.0438. The molecule has 9 nitrogen and oxygen atoms in total. The number of rotatable bonds is 5. The van der Waals surface area contributed by atoms with E-state index in [1.165, 1.54) is 19.1 Å². The van der Waals surface area contributed by atoms with E-state index in [2.05, 4.69) is 5.32 Å². The van der Waals surface area contributed by atoms with Crippen LogP contribution in [0.3, 0.4) is 0 Å². The predicted octanol–water partition coefficient (Wildman–Crippen LogP) is 1.10. The summed E-state index contributed by atoms with van der Waals surface area (Å²) in [6.07, 6.45) is 0. The number of nitrogens with one attached hydrogen (secondary N) is 1. The van der Waals surface area contributed by atoms with E-state index >= 15 is 0 Å². The smallest absolute Gasteiger partial charge is 0.324 e. The van der Waals surface area contributed by atoms with Crippen molar-refractivity contribution in [3.05, 3.63) is 27.1 Å². The minimum atomic E-state index is -0.588. The van der Waals surface area contributed by atoms with Crippen LogP contribution in [0.2, 0.25) is 0 Å². The molecule has 2 rings (SSSR count). The van der Waals surface area contributed by atoms with Gasteiger partial charge in [-0.3, -0.25) is 24.5 Å². The second-order valence-corrected chi connectivity index (χ2v) is 7.50. The number of nitrogens with zero attached hydrogens (tertiary/aromatic N) is 3. The van der Waals surface area contributed by atoms with Crippen LogP contribution in [0.4, 0.5) is 5.00 Å². The molecule has 0 aliphatic carbocycles. The van der Waals surface area contributed by atoms with Gasteiger partial charge in [-0.15, -0.1) is 0 Å². The van der Waals surface area contributed by atoms with E-state index in [4.69, 9.17) is 0 Å². The average molecular weight is 382 g/mol. The maximum atomic E-state index is 12.6. The topological polar surface area (TPSA) is 113 Å². The highest BCUT2D eigenvalue weighted by atomic mass is 32.1.